The Morgan fingerprint density at radius 2 is 2.04 bits per heavy atom. The van der Waals surface area contributed by atoms with Crippen molar-refractivity contribution in [1.29, 1.82) is 0 Å². The minimum absolute atomic E-state index is 0.270. The topological polar surface area (TPSA) is 58.4 Å². The van der Waals surface area contributed by atoms with Gasteiger partial charge in [0.25, 0.3) is 0 Å². The highest BCUT2D eigenvalue weighted by atomic mass is 19.1. The Hall–Kier alpha value is -2.21. The highest BCUT2D eigenvalue weighted by Crippen LogP contribution is 2.23. The summed E-state index contributed by atoms with van der Waals surface area (Å²) >= 11 is 0. The fraction of sp³-hybridized carbons (Fsp3) is 0.444. The van der Waals surface area contributed by atoms with Crippen molar-refractivity contribution < 1.29 is 14.3 Å². The summed E-state index contributed by atoms with van der Waals surface area (Å²) in [6.07, 6.45) is 1.65. The van der Waals surface area contributed by atoms with Crippen LogP contribution < -0.4 is 0 Å². The standard InChI is InChI=1S/C18H22FN3O2/c1-12-17(11-21-9-3-4-14(10-21)18(23)24)13(2)22(20-12)16-7-5-15(19)6-8-16/h5-8,14H,3-4,9-11H2,1-2H3,(H,23,24). The van der Waals surface area contributed by atoms with Crippen LogP contribution in [0.1, 0.15) is 29.8 Å². The zero-order valence-electron chi connectivity index (χ0n) is 14.0. The van der Waals surface area contributed by atoms with E-state index in [1.165, 1.54) is 12.1 Å². The summed E-state index contributed by atoms with van der Waals surface area (Å²) in [7, 11) is 0. The Balaban J connectivity index is 1.81. The number of hydrogen-bond acceptors (Lipinski definition) is 3. The van der Waals surface area contributed by atoms with Crippen LogP contribution >= 0.6 is 0 Å². The SMILES string of the molecule is Cc1nn(-c2ccc(F)cc2)c(C)c1CN1CCCC(C(=O)O)C1. The van der Waals surface area contributed by atoms with Gasteiger partial charge in [0.15, 0.2) is 0 Å². The first-order valence-electron chi connectivity index (χ1n) is 8.22. The molecule has 0 amide bonds. The summed E-state index contributed by atoms with van der Waals surface area (Å²) in [5.41, 5.74) is 3.88. The maximum atomic E-state index is 13.1. The molecule has 1 aliphatic rings. The Labute approximate surface area is 140 Å². The normalized spacial score (nSPS) is 18.7. The number of halogens is 1. The molecule has 1 N–H and O–H groups in total. The van der Waals surface area contributed by atoms with Crippen molar-refractivity contribution in [2.75, 3.05) is 13.1 Å². The minimum atomic E-state index is -0.713. The van der Waals surface area contributed by atoms with Crippen LogP contribution in [0, 0.1) is 25.6 Å². The highest BCUT2D eigenvalue weighted by molar-refractivity contribution is 5.70. The number of aliphatic carboxylic acids is 1. The van der Waals surface area contributed by atoms with Gasteiger partial charge in [0.2, 0.25) is 0 Å². The zero-order valence-corrected chi connectivity index (χ0v) is 14.0. The van der Waals surface area contributed by atoms with Crippen molar-refractivity contribution in [2.45, 2.75) is 33.2 Å². The lowest BCUT2D eigenvalue weighted by Gasteiger charge is -2.30. The predicted molar refractivity (Wildman–Crippen MR) is 88.6 cm³/mol. The van der Waals surface area contributed by atoms with Crippen molar-refractivity contribution in [3.05, 3.63) is 47.0 Å². The predicted octanol–water partition coefficient (Wildman–Crippen LogP) is 2.92. The van der Waals surface area contributed by atoms with Gasteiger partial charge in [0.1, 0.15) is 5.82 Å². The fourth-order valence-corrected chi connectivity index (χ4v) is 3.36. The van der Waals surface area contributed by atoms with Crippen LogP contribution in [0.25, 0.3) is 5.69 Å². The van der Waals surface area contributed by atoms with E-state index in [1.807, 2.05) is 18.5 Å². The third-order valence-corrected chi connectivity index (χ3v) is 4.75. The molecule has 1 fully saturated rings. The molecule has 1 aromatic carbocycles. The van der Waals surface area contributed by atoms with Gasteiger partial charge in [0, 0.05) is 24.3 Å². The number of carbonyl (C=O) groups is 1. The molecular formula is C18H22FN3O2. The second kappa shape index (κ2) is 6.73. The molecule has 0 spiro atoms. The van der Waals surface area contributed by atoms with Crippen LogP contribution in [0.4, 0.5) is 4.39 Å². The average Bonchev–Trinajstić information content (AvgIpc) is 2.84. The van der Waals surface area contributed by atoms with Crippen molar-refractivity contribution in [2.24, 2.45) is 5.92 Å². The van der Waals surface area contributed by atoms with Gasteiger partial charge in [-0.3, -0.25) is 9.69 Å². The molecule has 0 aliphatic carbocycles. The number of aryl methyl sites for hydroxylation is 1. The molecule has 3 rings (SSSR count). The number of likely N-dealkylation sites (tertiary alicyclic amines) is 1. The smallest absolute Gasteiger partial charge is 0.307 e. The molecule has 1 aromatic heterocycles. The van der Waals surface area contributed by atoms with Gasteiger partial charge in [-0.05, 0) is 57.5 Å². The first-order chi connectivity index (χ1) is 11.5. The maximum absolute atomic E-state index is 13.1. The molecule has 2 aromatic rings. The van der Waals surface area contributed by atoms with Crippen LogP contribution in [-0.4, -0.2) is 38.8 Å². The molecule has 1 aliphatic heterocycles. The molecule has 0 radical (unpaired) electrons. The molecule has 2 heterocycles. The number of aromatic nitrogens is 2. The van der Waals surface area contributed by atoms with Gasteiger partial charge in [0.05, 0.1) is 17.3 Å². The van der Waals surface area contributed by atoms with Gasteiger partial charge >= 0.3 is 5.97 Å². The lowest BCUT2D eigenvalue weighted by Crippen LogP contribution is -2.38. The lowest BCUT2D eigenvalue weighted by atomic mass is 9.97. The van der Waals surface area contributed by atoms with E-state index in [0.29, 0.717) is 13.1 Å². The highest BCUT2D eigenvalue weighted by Gasteiger charge is 2.26. The van der Waals surface area contributed by atoms with Crippen LogP contribution in [0.5, 0.6) is 0 Å². The minimum Gasteiger partial charge on any atom is -0.481 e. The molecule has 1 saturated heterocycles. The largest absolute Gasteiger partial charge is 0.481 e. The van der Waals surface area contributed by atoms with E-state index in [4.69, 9.17) is 0 Å². The Morgan fingerprint density at radius 1 is 1.33 bits per heavy atom. The van der Waals surface area contributed by atoms with E-state index < -0.39 is 5.97 Å². The number of benzene rings is 1. The number of carboxylic acids is 1. The van der Waals surface area contributed by atoms with Gasteiger partial charge in [-0.25, -0.2) is 9.07 Å². The number of piperidine rings is 1. The van der Waals surface area contributed by atoms with E-state index in [1.54, 1.807) is 12.1 Å². The number of rotatable bonds is 4. The first kappa shape index (κ1) is 16.6. The molecule has 24 heavy (non-hydrogen) atoms. The quantitative estimate of drug-likeness (QED) is 0.936. The molecule has 1 unspecified atom stereocenters. The summed E-state index contributed by atoms with van der Waals surface area (Å²) < 4.78 is 14.9. The van der Waals surface area contributed by atoms with E-state index >= 15 is 0 Å². The summed E-state index contributed by atoms with van der Waals surface area (Å²) in [6, 6.07) is 6.26. The Kier molecular flexibility index (Phi) is 4.66. The molecular weight excluding hydrogens is 309 g/mol. The molecule has 5 nitrogen and oxygen atoms in total. The zero-order chi connectivity index (χ0) is 17.3. The van der Waals surface area contributed by atoms with Crippen molar-refractivity contribution in [1.82, 2.24) is 14.7 Å². The van der Waals surface area contributed by atoms with E-state index in [-0.39, 0.29) is 11.7 Å². The summed E-state index contributed by atoms with van der Waals surface area (Å²) in [4.78, 5) is 13.4. The second-order valence-electron chi connectivity index (χ2n) is 6.45. The molecule has 0 saturated carbocycles. The third-order valence-electron chi connectivity index (χ3n) is 4.75. The van der Waals surface area contributed by atoms with Gasteiger partial charge in [-0.1, -0.05) is 0 Å². The third kappa shape index (κ3) is 3.33. The molecule has 0 bridgehead atoms. The number of nitrogens with zero attached hydrogens (tertiary/aromatic N) is 3. The van der Waals surface area contributed by atoms with Crippen LogP contribution in [0.2, 0.25) is 0 Å². The lowest BCUT2D eigenvalue weighted by molar-refractivity contribution is -0.143. The monoisotopic (exact) mass is 331 g/mol. The summed E-state index contributed by atoms with van der Waals surface area (Å²) in [6.45, 7) is 6.14. The molecule has 128 valence electrons. The maximum Gasteiger partial charge on any atom is 0.307 e. The second-order valence-corrected chi connectivity index (χ2v) is 6.45. The van der Waals surface area contributed by atoms with E-state index in [0.717, 1.165) is 42.0 Å². The Morgan fingerprint density at radius 3 is 2.71 bits per heavy atom. The molecule has 6 heteroatoms. The number of hydrogen-bond donors (Lipinski definition) is 1. The molecule has 1 atom stereocenters. The van der Waals surface area contributed by atoms with Gasteiger partial charge in [-0.2, -0.15) is 5.10 Å². The summed E-state index contributed by atoms with van der Waals surface area (Å²) in [5, 5.41) is 13.8. The average molecular weight is 331 g/mol. The van der Waals surface area contributed by atoms with E-state index in [9.17, 15) is 14.3 Å². The number of carboxylic acid groups (broad SMARTS) is 1. The van der Waals surface area contributed by atoms with Crippen LogP contribution in [0.3, 0.4) is 0 Å². The van der Waals surface area contributed by atoms with Crippen LogP contribution in [0.15, 0.2) is 24.3 Å². The first-order valence-corrected chi connectivity index (χ1v) is 8.22. The van der Waals surface area contributed by atoms with Crippen molar-refractivity contribution in [3.8, 4) is 5.69 Å². The summed E-state index contributed by atoms with van der Waals surface area (Å²) in [5.74, 6) is -1.27. The van der Waals surface area contributed by atoms with Gasteiger partial charge < -0.3 is 5.11 Å². The van der Waals surface area contributed by atoms with Crippen molar-refractivity contribution >= 4 is 5.97 Å². The van der Waals surface area contributed by atoms with Crippen molar-refractivity contribution in [3.63, 3.8) is 0 Å². The van der Waals surface area contributed by atoms with Gasteiger partial charge in [-0.15, -0.1) is 0 Å². The van der Waals surface area contributed by atoms with Crippen LogP contribution in [-0.2, 0) is 11.3 Å². The fourth-order valence-electron chi connectivity index (χ4n) is 3.36. The van der Waals surface area contributed by atoms with E-state index in [2.05, 4.69) is 10.00 Å². The Bertz CT molecular complexity index is 739.